The van der Waals surface area contributed by atoms with Crippen molar-refractivity contribution in [3.63, 3.8) is 0 Å². The number of halogens is 1. The fraction of sp³-hybridized carbons (Fsp3) is 0.250. The maximum Gasteiger partial charge on any atom is 0.237 e. The van der Waals surface area contributed by atoms with Crippen LogP contribution in [0.4, 0.5) is 0 Å². The van der Waals surface area contributed by atoms with E-state index in [9.17, 15) is 4.79 Å². The third kappa shape index (κ3) is 3.91. The molecule has 0 fully saturated rings. The van der Waals surface area contributed by atoms with Crippen molar-refractivity contribution in [3.8, 4) is 0 Å². The summed E-state index contributed by atoms with van der Waals surface area (Å²) in [5, 5.41) is 8.02. The number of nitrogens with one attached hydrogen (secondary N) is 2. The molecule has 0 aliphatic carbocycles. The lowest BCUT2D eigenvalue weighted by Gasteiger charge is -2.11. The lowest BCUT2D eigenvalue weighted by atomic mass is 10.1. The summed E-state index contributed by atoms with van der Waals surface area (Å²) in [6.45, 7) is 0.439. The summed E-state index contributed by atoms with van der Waals surface area (Å²) in [6, 6.07) is 7.42. The molecule has 3 rings (SSSR count). The van der Waals surface area contributed by atoms with Crippen LogP contribution in [0.1, 0.15) is 11.1 Å². The van der Waals surface area contributed by atoms with E-state index in [4.69, 9.17) is 5.73 Å². The first-order chi connectivity index (χ1) is 10.6. The number of hydrogen-bond acceptors (Lipinski definition) is 3. The number of nitrogens with zero attached hydrogens (tertiary/aromatic N) is 2. The molecular weight excluding hydrogens is 314 g/mol. The second-order valence-electron chi connectivity index (χ2n) is 5.41. The van der Waals surface area contributed by atoms with Gasteiger partial charge < -0.3 is 16.0 Å². The van der Waals surface area contributed by atoms with Gasteiger partial charge in [-0.15, -0.1) is 12.4 Å². The summed E-state index contributed by atoms with van der Waals surface area (Å²) in [5.74, 6) is -0.158. The molecule has 0 spiro atoms. The predicted octanol–water partition coefficient (Wildman–Crippen LogP) is 1.51. The van der Waals surface area contributed by atoms with Crippen LogP contribution in [0.5, 0.6) is 0 Å². The van der Waals surface area contributed by atoms with Gasteiger partial charge in [-0.25, -0.2) is 0 Å². The molecule has 3 aromatic rings. The lowest BCUT2D eigenvalue weighted by Crippen LogP contribution is -2.41. The number of carbonyl (C=O) groups excluding carboxylic acids is 1. The number of rotatable bonds is 5. The van der Waals surface area contributed by atoms with Gasteiger partial charge in [0.25, 0.3) is 0 Å². The molecule has 1 atom stereocenters. The molecule has 0 radical (unpaired) electrons. The molecule has 0 aliphatic rings. The monoisotopic (exact) mass is 333 g/mol. The summed E-state index contributed by atoms with van der Waals surface area (Å²) in [4.78, 5) is 15.3. The fourth-order valence-electron chi connectivity index (χ4n) is 2.51. The number of aromatic amines is 1. The number of amides is 1. The normalized spacial score (nSPS) is 11.9. The maximum absolute atomic E-state index is 12.1. The van der Waals surface area contributed by atoms with E-state index < -0.39 is 6.04 Å². The molecule has 0 aliphatic heterocycles. The van der Waals surface area contributed by atoms with Crippen molar-refractivity contribution in [1.82, 2.24) is 20.1 Å². The van der Waals surface area contributed by atoms with Crippen molar-refractivity contribution in [3.05, 3.63) is 54.0 Å². The van der Waals surface area contributed by atoms with Gasteiger partial charge in [0.1, 0.15) is 0 Å². The Morgan fingerprint density at radius 1 is 1.43 bits per heavy atom. The SMILES string of the molecule is Cl.Cn1cc(CNC(=O)[C@@H](N)Cc2c[nH]c3ccccc23)cn1. The Kier molecular flexibility index (Phi) is 5.41. The molecular formula is C16H20ClN5O. The highest BCUT2D eigenvalue weighted by molar-refractivity contribution is 5.86. The summed E-state index contributed by atoms with van der Waals surface area (Å²) in [7, 11) is 1.84. The molecule has 2 aromatic heterocycles. The Balaban J connectivity index is 0.00000192. The van der Waals surface area contributed by atoms with Crippen LogP contribution in [0.15, 0.2) is 42.9 Å². The highest BCUT2D eigenvalue weighted by atomic mass is 35.5. The topological polar surface area (TPSA) is 88.7 Å². The van der Waals surface area contributed by atoms with E-state index in [1.165, 1.54) is 0 Å². The van der Waals surface area contributed by atoms with Gasteiger partial charge in [-0.2, -0.15) is 5.10 Å². The second-order valence-corrected chi connectivity index (χ2v) is 5.41. The van der Waals surface area contributed by atoms with Crippen LogP contribution in [0, 0.1) is 0 Å². The number of aryl methyl sites for hydroxylation is 1. The van der Waals surface area contributed by atoms with E-state index >= 15 is 0 Å². The first-order valence-electron chi connectivity index (χ1n) is 7.19. The molecule has 1 aromatic carbocycles. The Hall–Kier alpha value is -2.31. The highest BCUT2D eigenvalue weighted by Crippen LogP contribution is 2.18. The van der Waals surface area contributed by atoms with Crippen LogP contribution >= 0.6 is 12.4 Å². The number of nitrogens with two attached hydrogens (primary N) is 1. The smallest absolute Gasteiger partial charge is 0.237 e. The van der Waals surface area contributed by atoms with Crippen LogP contribution in [0.25, 0.3) is 10.9 Å². The fourth-order valence-corrected chi connectivity index (χ4v) is 2.51. The van der Waals surface area contributed by atoms with Gasteiger partial charge in [-0.3, -0.25) is 9.48 Å². The van der Waals surface area contributed by atoms with E-state index in [1.807, 2.05) is 43.7 Å². The minimum absolute atomic E-state index is 0. The molecule has 4 N–H and O–H groups in total. The summed E-state index contributed by atoms with van der Waals surface area (Å²) < 4.78 is 1.70. The lowest BCUT2D eigenvalue weighted by molar-refractivity contribution is -0.122. The first kappa shape index (κ1) is 17.1. The van der Waals surface area contributed by atoms with Gasteiger partial charge in [0.15, 0.2) is 0 Å². The van der Waals surface area contributed by atoms with Crippen molar-refractivity contribution in [1.29, 1.82) is 0 Å². The average Bonchev–Trinajstić information content (AvgIpc) is 3.12. The molecule has 1 amide bonds. The van der Waals surface area contributed by atoms with Crippen LogP contribution < -0.4 is 11.1 Å². The molecule has 2 heterocycles. The number of carbonyl (C=O) groups is 1. The highest BCUT2D eigenvalue weighted by Gasteiger charge is 2.16. The molecule has 122 valence electrons. The van der Waals surface area contributed by atoms with Gasteiger partial charge in [0.05, 0.1) is 12.2 Å². The molecule has 6 nitrogen and oxygen atoms in total. The summed E-state index contributed by atoms with van der Waals surface area (Å²) in [5.41, 5.74) is 9.09. The standard InChI is InChI=1S/C16H19N5O.ClH/c1-21-10-11(8-20-21)7-19-16(22)14(17)6-12-9-18-15-5-3-2-4-13(12)15;/h2-5,8-10,14,18H,6-7,17H2,1H3,(H,19,22);1H/t14-;/m0./s1. The van der Waals surface area contributed by atoms with Crippen LogP contribution in [-0.4, -0.2) is 26.7 Å². The number of hydrogen-bond donors (Lipinski definition) is 3. The van der Waals surface area contributed by atoms with Crippen molar-refractivity contribution in [2.24, 2.45) is 12.8 Å². The van der Waals surface area contributed by atoms with Gasteiger partial charge in [-0.05, 0) is 18.1 Å². The minimum Gasteiger partial charge on any atom is -0.361 e. The zero-order valence-corrected chi connectivity index (χ0v) is 13.6. The summed E-state index contributed by atoms with van der Waals surface area (Å²) in [6.07, 6.45) is 6.01. The van der Waals surface area contributed by atoms with Crippen LogP contribution in [0.2, 0.25) is 0 Å². The van der Waals surface area contributed by atoms with E-state index in [0.29, 0.717) is 13.0 Å². The van der Waals surface area contributed by atoms with Crippen LogP contribution in [-0.2, 0) is 24.8 Å². The minimum atomic E-state index is -0.573. The average molecular weight is 334 g/mol. The molecule has 0 bridgehead atoms. The number of aromatic nitrogens is 3. The van der Waals surface area contributed by atoms with Gasteiger partial charge >= 0.3 is 0 Å². The van der Waals surface area contributed by atoms with Crippen molar-refractivity contribution in [2.45, 2.75) is 19.0 Å². The second kappa shape index (κ2) is 7.30. The van der Waals surface area contributed by atoms with Gasteiger partial charge in [-0.1, -0.05) is 18.2 Å². The largest absolute Gasteiger partial charge is 0.361 e. The van der Waals surface area contributed by atoms with Crippen LogP contribution in [0.3, 0.4) is 0 Å². The molecule has 23 heavy (non-hydrogen) atoms. The predicted molar refractivity (Wildman–Crippen MR) is 92.3 cm³/mol. The van der Waals surface area contributed by atoms with Crippen molar-refractivity contribution < 1.29 is 4.79 Å². The van der Waals surface area contributed by atoms with Gasteiger partial charge in [0, 0.05) is 42.5 Å². The Labute approximate surface area is 140 Å². The third-order valence-electron chi connectivity index (χ3n) is 3.68. The molecule has 7 heteroatoms. The molecule has 0 unspecified atom stereocenters. The Bertz CT molecular complexity index is 794. The zero-order chi connectivity index (χ0) is 15.5. The zero-order valence-electron chi connectivity index (χ0n) is 12.8. The summed E-state index contributed by atoms with van der Waals surface area (Å²) >= 11 is 0. The van der Waals surface area contributed by atoms with E-state index in [2.05, 4.69) is 15.4 Å². The first-order valence-corrected chi connectivity index (χ1v) is 7.19. The number of fused-ring (bicyclic) bond motifs is 1. The molecule has 0 saturated carbocycles. The van der Waals surface area contributed by atoms with Gasteiger partial charge in [0.2, 0.25) is 5.91 Å². The maximum atomic E-state index is 12.1. The molecule has 0 saturated heterocycles. The third-order valence-corrected chi connectivity index (χ3v) is 3.68. The number of benzene rings is 1. The quantitative estimate of drug-likeness (QED) is 0.661. The number of H-pyrrole nitrogens is 1. The number of para-hydroxylation sites is 1. The van der Waals surface area contributed by atoms with Crippen molar-refractivity contribution >= 4 is 29.2 Å². The van der Waals surface area contributed by atoms with E-state index in [0.717, 1.165) is 22.0 Å². The van der Waals surface area contributed by atoms with Crippen molar-refractivity contribution in [2.75, 3.05) is 0 Å². The Morgan fingerprint density at radius 2 is 2.22 bits per heavy atom. The van der Waals surface area contributed by atoms with E-state index in [-0.39, 0.29) is 18.3 Å². The Morgan fingerprint density at radius 3 is 2.96 bits per heavy atom. The van der Waals surface area contributed by atoms with E-state index in [1.54, 1.807) is 10.9 Å².